The third kappa shape index (κ3) is 2.26. The van der Waals surface area contributed by atoms with Gasteiger partial charge in [-0.2, -0.15) is 4.98 Å². The number of nitrogens with one attached hydrogen (secondary N) is 1. The van der Waals surface area contributed by atoms with E-state index < -0.39 is 0 Å². The lowest BCUT2D eigenvalue weighted by Crippen LogP contribution is -2.12. The molecule has 0 amide bonds. The highest BCUT2D eigenvalue weighted by Crippen LogP contribution is 2.35. The molecule has 3 aromatic rings. The topological polar surface area (TPSA) is 90.2 Å². The Kier molecular flexibility index (Phi) is 2.94. The van der Waals surface area contributed by atoms with Crippen LogP contribution < -0.4 is 15.0 Å². The van der Waals surface area contributed by atoms with Gasteiger partial charge in [0, 0.05) is 11.3 Å². The molecule has 1 aliphatic rings. The van der Waals surface area contributed by atoms with Gasteiger partial charge in [0.15, 0.2) is 11.5 Å². The van der Waals surface area contributed by atoms with Crippen LogP contribution in [0.15, 0.2) is 33.6 Å². The van der Waals surface area contributed by atoms with Crippen LogP contribution in [0, 0.1) is 13.8 Å². The van der Waals surface area contributed by atoms with Gasteiger partial charge in [-0.05, 0) is 43.7 Å². The van der Waals surface area contributed by atoms with Gasteiger partial charge in [-0.25, -0.2) is 0 Å². The molecule has 4 rings (SSSR count). The van der Waals surface area contributed by atoms with Crippen molar-refractivity contribution in [1.29, 1.82) is 0 Å². The van der Waals surface area contributed by atoms with Crippen LogP contribution in [0.25, 0.3) is 22.8 Å². The van der Waals surface area contributed by atoms with Crippen LogP contribution in [0.5, 0.6) is 11.5 Å². The Hall–Kier alpha value is -3.09. The molecule has 0 unspecified atom stereocenters. The van der Waals surface area contributed by atoms with Gasteiger partial charge in [0.1, 0.15) is 5.56 Å². The molecule has 0 saturated carbocycles. The molecule has 1 N–H and O–H groups in total. The summed E-state index contributed by atoms with van der Waals surface area (Å²) in [7, 11) is 0. The van der Waals surface area contributed by atoms with E-state index in [0.29, 0.717) is 22.9 Å². The third-order valence-corrected chi connectivity index (χ3v) is 3.64. The van der Waals surface area contributed by atoms with E-state index in [1.54, 1.807) is 12.1 Å². The minimum Gasteiger partial charge on any atom is -0.454 e. The maximum absolute atomic E-state index is 12.1. The first kappa shape index (κ1) is 13.6. The Labute approximate surface area is 130 Å². The molecule has 1 aliphatic heterocycles. The Balaban J connectivity index is 1.77. The molecule has 0 saturated heterocycles. The van der Waals surface area contributed by atoms with Crippen LogP contribution in [0.1, 0.15) is 11.3 Å². The van der Waals surface area contributed by atoms with E-state index in [-0.39, 0.29) is 18.2 Å². The van der Waals surface area contributed by atoms with Crippen molar-refractivity contribution in [3.8, 4) is 34.3 Å². The monoisotopic (exact) mass is 311 g/mol. The van der Waals surface area contributed by atoms with E-state index in [4.69, 9.17) is 14.0 Å². The molecule has 7 nitrogen and oxygen atoms in total. The van der Waals surface area contributed by atoms with Gasteiger partial charge in [0.25, 0.3) is 11.4 Å². The van der Waals surface area contributed by atoms with Crippen molar-refractivity contribution in [2.75, 3.05) is 6.79 Å². The number of aromatic amines is 1. The Morgan fingerprint density at radius 3 is 2.78 bits per heavy atom. The zero-order chi connectivity index (χ0) is 16.0. The molecule has 7 heteroatoms. The number of nitrogens with zero attached hydrogens (tertiary/aromatic N) is 2. The first-order chi connectivity index (χ1) is 11.1. The molecule has 23 heavy (non-hydrogen) atoms. The second kappa shape index (κ2) is 4.98. The summed E-state index contributed by atoms with van der Waals surface area (Å²) in [5.41, 5.74) is 2.43. The average molecular weight is 311 g/mol. The lowest BCUT2D eigenvalue weighted by Gasteiger charge is -2.00. The number of aryl methyl sites for hydroxylation is 2. The maximum Gasteiger partial charge on any atom is 0.264 e. The summed E-state index contributed by atoms with van der Waals surface area (Å²) in [5, 5.41) is 3.96. The molecule has 0 bridgehead atoms. The number of ether oxygens (including phenoxy) is 2. The number of aromatic nitrogens is 3. The van der Waals surface area contributed by atoms with Gasteiger partial charge in [0.05, 0.1) is 0 Å². The van der Waals surface area contributed by atoms with Gasteiger partial charge in [-0.15, -0.1) is 0 Å². The number of hydrogen-bond acceptors (Lipinski definition) is 6. The summed E-state index contributed by atoms with van der Waals surface area (Å²) in [4.78, 5) is 19.2. The summed E-state index contributed by atoms with van der Waals surface area (Å²) in [6, 6.07) is 7.25. The quantitative estimate of drug-likeness (QED) is 0.781. The minimum atomic E-state index is -0.247. The summed E-state index contributed by atoms with van der Waals surface area (Å²) in [6.45, 7) is 3.86. The highest BCUT2D eigenvalue weighted by molar-refractivity contribution is 5.64. The second-order valence-electron chi connectivity index (χ2n) is 5.33. The molecule has 0 spiro atoms. The highest BCUT2D eigenvalue weighted by Gasteiger charge is 2.19. The van der Waals surface area contributed by atoms with E-state index in [1.165, 1.54) is 0 Å². The molecule has 2 aromatic heterocycles. The minimum absolute atomic E-state index is 0.191. The second-order valence-corrected chi connectivity index (χ2v) is 5.33. The summed E-state index contributed by atoms with van der Waals surface area (Å²) >= 11 is 0. The number of benzene rings is 1. The Morgan fingerprint density at radius 2 is 1.96 bits per heavy atom. The molecule has 0 radical (unpaired) electrons. The predicted octanol–water partition coefficient (Wildman–Crippen LogP) is 2.44. The van der Waals surface area contributed by atoms with Crippen molar-refractivity contribution in [3.63, 3.8) is 0 Å². The summed E-state index contributed by atoms with van der Waals surface area (Å²) in [6.07, 6.45) is 0. The van der Waals surface area contributed by atoms with Crippen molar-refractivity contribution >= 4 is 0 Å². The van der Waals surface area contributed by atoms with Gasteiger partial charge in [0.2, 0.25) is 12.6 Å². The first-order valence-corrected chi connectivity index (χ1v) is 7.06. The van der Waals surface area contributed by atoms with Gasteiger partial charge < -0.3 is 19.0 Å². The van der Waals surface area contributed by atoms with Crippen LogP contribution in [-0.2, 0) is 0 Å². The van der Waals surface area contributed by atoms with E-state index >= 15 is 0 Å². The number of hydrogen-bond donors (Lipinski definition) is 1. The van der Waals surface area contributed by atoms with Crippen molar-refractivity contribution in [1.82, 2.24) is 15.1 Å². The van der Waals surface area contributed by atoms with E-state index in [9.17, 15) is 4.79 Å². The Morgan fingerprint density at radius 1 is 1.13 bits per heavy atom. The standard InChI is InChI=1S/C16H13N3O4/c1-8-5-9(2)17-15(20)13(8)16-18-14(19-23-16)10-3-4-11-12(6-10)22-7-21-11/h3-6H,7H2,1-2H3,(H,17,20). The van der Waals surface area contributed by atoms with Crippen LogP contribution in [0.3, 0.4) is 0 Å². The number of fused-ring (bicyclic) bond motifs is 1. The van der Waals surface area contributed by atoms with Gasteiger partial charge >= 0.3 is 0 Å². The normalized spacial score (nSPS) is 12.6. The van der Waals surface area contributed by atoms with Crippen LogP contribution >= 0.6 is 0 Å². The zero-order valence-corrected chi connectivity index (χ0v) is 12.5. The SMILES string of the molecule is Cc1cc(C)c(-c2nc(-c3ccc4c(c3)OCO4)no2)c(=O)[nH]1. The third-order valence-electron chi connectivity index (χ3n) is 3.64. The van der Waals surface area contributed by atoms with E-state index in [2.05, 4.69) is 15.1 Å². The van der Waals surface area contributed by atoms with E-state index in [1.807, 2.05) is 26.0 Å². The molecule has 1 aromatic carbocycles. The molecular formula is C16H13N3O4. The first-order valence-electron chi connectivity index (χ1n) is 7.06. The molecule has 0 fully saturated rings. The Bertz CT molecular complexity index is 958. The number of pyridine rings is 1. The van der Waals surface area contributed by atoms with Crippen molar-refractivity contribution in [3.05, 3.63) is 45.9 Å². The fraction of sp³-hybridized carbons (Fsp3) is 0.188. The fourth-order valence-electron chi connectivity index (χ4n) is 2.60. The molecule has 0 atom stereocenters. The van der Waals surface area contributed by atoms with E-state index in [0.717, 1.165) is 16.8 Å². The summed E-state index contributed by atoms with van der Waals surface area (Å²) < 4.78 is 15.9. The van der Waals surface area contributed by atoms with Crippen LogP contribution in [-0.4, -0.2) is 21.9 Å². The molecule has 116 valence electrons. The predicted molar refractivity (Wildman–Crippen MR) is 81.4 cm³/mol. The van der Waals surface area contributed by atoms with Gasteiger partial charge in [-0.3, -0.25) is 4.79 Å². The molecular weight excluding hydrogens is 298 g/mol. The highest BCUT2D eigenvalue weighted by atomic mass is 16.7. The molecule has 0 aliphatic carbocycles. The molecule has 3 heterocycles. The average Bonchev–Trinajstić information content (AvgIpc) is 3.14. The van der Waals surface area contributed by atoms with Crippen LogP contribution in [0.4, 0.5) is 0 Å². The van der Waals surface area contributed by atoms with Crippen molar-refractivity contribution < 1.29 is 14.0 Å². The maximum atomic E-state index is 12.1. The van der Waals surface area contributed by atoms with Crippen molar-refractivity contribution in [2.45, 2.75) is 13.8 Å². The number of rotatable bonds is 2. The zero-order valence-electron chi connectivity index (χ0n) is 12.5. The van der Waals surface area contributed by atoms with Gasteiger partial charge in [-0.1, -0.05) is 5.16 Å². The smallest absolute Gasteiger partial charge is 0.264 e. The number of H-pyrrole nitrogens is 1. The summed E-state index contributed by atoms with van der Waals surface area (Å²) in [5.74, 6) is 1.90. The lowest BCUT2D eigenvalue weighted by molar-refractivity contribution is 0.174. The van der Waals surface area contributed by atoms with Crippen molar-refractivity contribution in [2.24, 2.45) is 0 Å². The largest absolute Gasteiger partial charge is 0.454 e. The fourth-order valence-corrected chi connectivity index (χ4v) is 2.60. The van der Waals surface area contributed by atoms with Crippen LogP contribution in [0.2, 0.25) is 0 Å². The lowest BCUT2D eigenvalue weighted by atomic mass is 10.1.